The van der Waals surface area contributed by atoms with Crippen molar-refractivity contribution in [1.82, 2.24) is 10.6 Å². The van der Waals surface area contributed by atoms with E-state index in [1.807, 2.05) is 6.92 Å². The number of halogens is 2. The largest absolute Gasteiger partial charge is 0.435 e. The average Bonchev–Trinajstić information content (AvgIpc) is 2.50. The highest BCUT2D eigenvalue weighted by atomic mass is 19.3. The van der Waals surface area contributed by atoms with E-state index >= 15 is 0 Å². The van der Waals surface area contributed by atoms with Crippen molar-refractivity contribution in [2.24, 2.45) is 0 Å². The summed E-state index contributed by atoms with van der Waals surface area (Å²) in [5, 5.41) is 5.57. The molecule has 0 bridgehead atoms. The zero-order valence-corrected chi connectivity index (χ0v) is 14.0. The van der Waals surface area contributed by atoms with Crippen molar-refractivity contribution < 1.29 is 23.1 Å². The minimum Gasteiger partial charge on any atom is -0.435 e. The number of ether oxygens (including phenoxy) is 1. The standard InChI is InChI=1S/C17H24F2N2O3/c1-12(14-7-9-15(10-8-14)24-17(18)19)21-16(23)6-4-3-5-11-20-13(2)22/h7-10,12,17H,3-6,11H2,1-2H3,(H,20,22)(H,21,23). The fourth-order valence-corrected chi connectivity index (χ4v) is 2.19. The Labute approximate surface area is 140 Å². The quantitative estimate of drug-likeness (QED) is 0.642. The van der Waals surface area contributed by atoms with Crippen LogP contribution < -0.4 is 15.4 Å². The first-order valence-electron chi connectivity index (χ1n) is 7.97. The van der Waals surface area contributed by atoms with E-state index in [-0.39, 0.29) is 23.6 Å². The maximum atomic E-state index is 12.1. The van der Waals surface area contributed by atoms with Crippen LogP contribution in [0.4, 0.5) is 8.78 Å². The lowest BCUT2D eigenvalue weighted by Crippen LogP contribution is -2.26. The third-order valence-corrected chi connectivity index (χ3v) is 3.44. The molecule has 0 radical (unpaired) electrons. The Kier molecular flexibility index (Phi) is 8.75. The monoisotopic (exact) mass is 342 g/mol. The third kappa shape index (κ3) is 8.45. The van der Waals surface area contributed by atoms with Crippen molar-refractivity contribution in [3.05, 3.63) is 29.8 Å². The van der Waals surface area contributed by atoms with Crippen molar-refractivity contribution >= 4 is 11.8 Å². The van der Waals surface area contributed by atoms with E-state index in [2.05, 4.69) is 15.4 Å². The summed E-state index contributed by atoms with van der Waals surface area (Å²) in [7, 11) is 0. The van der Waals surface area contributed by atoms with E-state index in [0.29, 0.717) is 13.0 Å². The molecule has 24 heavy (non-hydrogen) atoms. The minimum atomic E-state index is -2.85. The van der Waals surface area contributed by atoms with E-state index in [4.69, 9.17) is 0 Å². The van der Waals surface area contributed by atoms with Crippen LogP contribution in [0.1, 0.15) is 51.1 Å². The second-order valence-corrected chi connectivity index (χ2v) is 5.53. The lowest BCUT2D eigenvalue weighted by Gasteiger charge is -2.15. The molecule has 0 spiro atoms. The van der Waals surface area contributed by atoms with Crippen LogP contribution in [0.3, 0.4) is 0 Å². The summed E-state index contributed by atoms with van der Waals surface area (Å²) in [6.45, 7) is 1.08. The Bertz CT molecular complexity index is 521. The van der Waals surface area contributed by atoms with Crippen molar-refractivity contribution in [3.63, 3.8) is 0 Å². The van der Waals surface area contributed by atoms with Crippen LogP contribution in [-0.2, 0) is 9.59 Å². The summed E-state index contributed by atoms with van der Waals surface area (Å²) < 4.78 is 28.5. The van der Waals surface area contributed by atoms with Gasteiger partial charge in [0.2, 0.25) is 11.8 Å². The van der Waals surface area contributed by atoms with Crippen LogP contribution in [0.2, 0.25) is 0 Å². The molecule has 0 aliphatic carbocycles. The van der Waals surface area contributed by atoms with Gasteiger partial charge in [0.1, 0.15) is 5.75 Å². The van der Waals surface area contributed by atoms with Crippen molar-refractivity contribution in [3.8, 4) is 5.75 Å². The highest BCUT2D eigenvalue weighted by molar-refractivity contribution is 5.76. The molecule has 2 amide bonds. The zero-order valence-electron chi connectivity index (χ0n) is 14.0. The molecule has 7 heteroatoms. The molecule has 0 fully saturated rings. The van der Waals surface area contributed by atoms with Crippen LogP contribution in [0.5, 0.6) is 5.75 Å². The molecule has 0 saturated heterocycles. The predicted molar refractivity (Wildman–Crippen MR) is 86.8 cm³/mol. The first-order chi connectivity index (χ1) is 11.4. The summed E-state index contributed by atoms with van der Waals surface area (Å²) in [6.07, 6.45) is 2.87. The van der Waals surface area contributed by atoms with Crippen molar-refractivity contribution in [2.45, 2.75) is 52.2 Å². The topological polar surface area (TPSA) is 67.4 Å². The van der Waals surface area contributed by atoms with Crippen LogP contribution in [0, 0.1) is 0 Å². The van der Waals surface area contributed by atoms with Gasteiger partial charge in [0.15, 0.2) is 0 Å². The summed E-state index contributed by atoms with van der Waals surface area (Å²) in [6, 6.07) is 5.99. The van der Waals surface area contributed by atoms with Crippen LogP contribution >= 0.6 is 0 Å². The molecule has 1 aromatic rings. The van der Waals surface area contributed by atoms with Gasteiger partial charge in [0.05, 0.1) is 6.04 Å². The SMILES string of the molecule is CC(=O)NCCCCCC(=O)NC(C)c1ccc(OC(F)F)cc1. The van der Waals surface area contributed by atoms with Gasteiger partial charge in [0.25, 0.3) is 0 Å². The molecule has 1 atom stereocenters. The number of hydrogen-bond acceptors (Lipinski definition) is 3. The predicted octanol–water partition coefficient (Wildman–Crippen LogP) is 3.16. The van der Waals surface area contributed by atoms with Gasteiger partial charge in [-0.3, -0.25) is 9.59 Å². The number of carbonyl (C=O) groups is 2. The molecule has 0 aliphatic rings. The van der Waals surface area contributed by atoms with Crippen LogP contribution in [0.25, 0.3) is 0 Å². The first kappa shape index (κ1) is 19.9. The molecule has 0 aliphatic heterocycles. The Morgan fingerprint density at radius 1 is 1.12 bits per heavy atom. The lowest BCUT2D eigenvalue weighted by molar-refractivity contribution is -0.122. The van der Waals surface area contributed by atoms with Gasteiger partial charge in [-0.25, -0.2) is 0 Å². The molecule has 1 unspecified atom stereocenters. The molecule has 0 heterocycles. The van der Waals surface area contributed by atoms with Gasteiger partial charge in [-0.1, -0.05) is 18.6 Å². The Balaban J connectivity index is 2.27. The number of benzene rings is 1. The summed E-state index contributed by atoms with van der Waals surface area (Å²) >= 11 is 0. The highest BCUT2D eigenvalue weighted by Gasteiger charge is 2.10. The maximum Gasteiger partial charge on any atom is 0.387 e. The van der Waals surface area contributed by atoms with Crippen LogP contribution in [0.15, 0.2) is 24.3 Å². The van der Waals surface area contributed by atoms with Gasteiger partial charge in [-0.2, -0.15) is 8.78 Å². The van der Waals surface area contributed by atoms with E-state index in [1.54, 1.807) is 12.1 Å². The molecule has 2 N–H and O–H groups in total. The van der Waals surface area contributed by atoms with Gasteiger partial charge < -0.3 is 15.4 Å². The normalized spacial score (nSPS) is 11.9. The molecule has 5 nitrogen and oxygen atoms in total. The molecule has 1 rings (SSSR count). The van der Waals surface area contributed by atoms with Gasteiger partial charge in [-0.15, -0.1) is 0 Å². The second kappa shape index (κ2) is 10.6. The smallest absolute Gasteiger partial charge is 0.387 e. The molecular formula is C17H24F2N2O3. The average molecular weight is 342 g/mol. The van der Waals surface area contributed by atoms with Gasteiger partial charge in [-0.05, 0) is 37.5 Å². The third-order valence-electron chi connectivity index (χ3n) is 3.44. The Hall–Kier alpha value is -2.18. The summed E-state index contributed by atoms with van der Waals surface area (Å²) in [5.41, 5.74) is 0.815. The Morgan fingerprint density at radius 2 is 1.79 bits per heavy atom. The van der Waals surface area contributed by atoms with E-state index in [1.165, 1.54) is 19.1 Å². The number of amides is 2. The number of nitrogens with one attached hydrogen (secondary N) is 2. The van der Waals surface area contributed by atoms with E-state index in [9.17, 15) is 18.4 Å². The minimum absolute atomic E-state index is 0.0495. The molecule has 0 aromatic heterocycles. The number of hydrogen-bond donors (Lipinski definition) is 2. The number of alkyl halides is 2. The fourth-order valence-electron chi connectivity index (χ4n) is 2.19. The Morgan fingerprint density at radius 3 is 2.38 bits per heavy atom. The van der Waals surface area contributed by atoms with Gasteiger partial charge in [0, 0.05) is 19.9 Å². The van der Waals surface area contributed by atoms with E-state index < -0.39 is 6.61 Å². The lowest BCUT2D eigenvalue weighted by atomic mass is 10.1. The molecular weight excluding hydrogens is 318 g/mol. The summed E-state index contributed by atoms with van der Waals surface area (Å²) in [4.78, 5) is 22.6. The molecule has 1 aromatic carbocycles. The maximum absolute atomic E-state index is 12.1. The number of carbonyl (C=O) groups excluding carboxylic acids is 2. The highest BCUT2D eigenvalue weighted by Crippen LogP contribution is 2.19. The fraction of sp³-hybridized carbons (Fsp3) is 0.529. The van der Waals surface area contributed by atoms with Gasteiger partial charge >= 0.3 is 6.61 Å². The van der Waals surface area contributed by atoms with E-state index in [0.717, 1.165) is 24.8 Å². The second-order valence-electron chi connectivity index (χ2n) is 5.53. The number of rotatable bonds is 10. The summed E-state index contributed by atoms with van der Waals surface area (Å²) in [5.74, 6) is -0.0204. The molecule has 134 valence electrons. The molecule has 0 saturated carbocycles. The van der Waals surface area contributed by atoms with Crippen molar-refractivity contribution in [2.75, 3.05) is 6.54 Å². The van der Waals surface area contributed by atoms with Crippen molar-refractivity contribution in [1.29, 1.82) is 0 Å². The first-order valence-corrected chi connectivity index (χ1v) is 7.97. The number of unbranched alkanes of at least 4 members (excludes halogenated alkanes) is 2. The van der Waals surface area contributed by atoms with Crippen LogP contribution in [-0.4, -0.2) is 25.0 Å². The zero-order chi connectivity index (χ0) is 17.9.